The largest absolute Gasteiger partial charge is 0.496 e. The molecule has 0 atom stereocenters. The maximum Gasteiger partial charge on any atom is 0.258 e. The third-order valence-corrected chi connectivity index (χ3v) is 5.37. The van der Waals surface area contributed by atoms with Gasteiger partial charge in [-0.05, 0) is 18.1 Å². The Morgan fingerprint density at radius 1 is 1.00 bits per heavy atom. The second kappa shape index (κ2) is 7.91. The van der Waals surface area contributed by atoms with Crippen molar-refractivity contribution >= 4 is 22.4 Å². The summed E-state index contributed by atoms with van der Waals surface area (Å²) in [6, 6.07) is 11.6. The minimum atomic E-state index is -0.0861. The smallest absolute Gasteiger partial charge is 0.258 e. The SMILES string of the molecule is COc1cc(OC)c(C(=O)N2CC=C(c3c[nH]c4ccccc34)CC2)cc1OC. The van der Waals surface area contributed by atoms with Gasteiger partial charge in [0.25, 0.3) is 5.91 Å². The summed E-state index contributed by atoms with van der Waals surface area (Å²) in [4.78, 5) is 18.3. The predicted molar refractivity (Wildman–Crippen MR) is 113 cm³/mol. The number of aromatic nitrogens is 1. The number of carbonyl (C=O) groups is 1. The molecule has 150 valence electrons. The van der Waals surface area contributed by atoms with Gasteiger partial charge in [-0.25, -0.2) is 0 Å². The first-order valence-corrected chi connectivity index (χ1v) is 9.51. The van der Waals surface area contributed by atoms with Gasteiger partial charge in [0.15, 0.2) is 11.5 Å². The number of hydrogen-bond donors (Lipinski definition) is 1. The Bertz CT molecular complexity index is 1080. The summed E-state index contributed by atoms with van der Waals surface area (Å²) in [5.41, 5.74) is 4.05. The van der Waals surface area contributed by atoms with Crippen LogP contribution in [0.2, 0.25) is 0 Å². The van der Waals surface area contributed by atoms with Crippen LogP contribution in [0.25, 0.3) is 16.5 Å². The zero-order valence-corrected chi connectivity index (χ0v) is 16.8. The Morgan fingerprint density at radius 3 is 2.41 bits per heavy atom. The van der Waals surface area contributed by atoms with Gasteiger partial charge in [0.1, 0.15) is 5.75 Å². The number of aromatic amines is 1. The van der Waals surface area contributed by atoms with Crippen LogP contribution in [0.3, 0.4) is 0 Å². The molecule has 3 aromatic rings. The molecule has 0 bridgehead atoms. The van der Waals surface area contributed by atoms with Crippen LogP contribution in [0.5, 0.6) is 17.2 Å². The average Bonchev–Trinajstić information content (AvgIpc) is 3.22. The summed E-state index contributed by atoms with van der Waals surface area (Å²) in [5, 5.41) is 1.21. The van der Waals surface area contributed by atoms with Gasteiger partial charge >= 0.3 is 0 Å². The van der Waals surface area contributed by atoms with Crippen LogP contribution in [-0.4, -0.2) is 50.2 Å². The molecule has 0 fully saturated rings. The molecule has 1 aliphatic heterocycles. The number of fused-ring (bicyclic) bond motifs is 1. The maximum absolute atomic E-state index is 13.2. The van der Waals surface area contributed by atoms with E-state index in [4.69, 9.17) is 14.2 Å². The van der Waals surface area contributed by atoms with Crippen molar-refractivity contribution in [3.8, 4) is 17.2 Å². The van der Waals surface area contributed by atoms with Crippen LogP contribution < -0.4 is 14.2 Å². The van der Waals surface area contributed by atoms with Crippen molar-refractivity contribution in [3.05, 3.63) is 59.8 Å². The highest BCUT2D eigenvalue weighted by molar-refractivity contribution is 5.99. The highest BCUT2D eigenvalue weighted by Crippen LogP contribution is 2.36. The number of benzene rings is 2. The van der Waals surface area contributed by atoms with Crippen molar-refractivity contribution in [2.24, 2.45) is 0 Å². The van der Waals surface area contributed by atoms with E-state index < -0.39 is 0 Å². The Balaban J connectivity index is 1.59. The van der Waals surface area contributed by atoms with Crippen LogP contribution >= 0.6 is 0 Å². The number of methoxy groups -OCH3 is 3. The standard InChI is InChI=1S/C23H24N2O4/c1-27-20-13-22(29-3)21(28-2)12-17(20)23(26)25-10-8-15(9-11-25)18-14-24-19-7-5-4-6-16(18)19/h4-8,12-14,24H,9-11H2,1-3H3. The molecule has 4 rings (SSSR count). The van der Waals surface area contributed by atoms with Crippen molar-refractivity contribution in [1.29, 1.82) is 0 Å². The van der Waals surface area contributed by atoms with E-state index in [0.717, 1.165) is 11.9 Å². The first-order valence-electron chi connectivity index (χ1n) is 9.51. The zero-order valence-electron chi connectivity index (χ0n) is 16.8. The molecule has 29 heavy (non-hydrogen) atoms. The topological polar surface area (TPSA) is 63.8 Å². The van der Waals surface area contributed by atoms with E-state index in [2.05, 4.69) is 23.2 Å². The number of amides is 1. The molecule has 1 aromatic heterocycles. The number of carbonyl (C=O) groups excluding carboxylic acids is 1. The van der Waals surface area contributed by atoms with Crippen LogP contribution in [0.4, 0.5) is 0 Å². The molecule has 6 heteroatoms. The van der Waals surface area contributed by atoms with E-state index in [1.165, 1.54) is 16.5 Å². The molecular formula is C23H24N2O4. The molecule has 6 nitrogen and oxygen atoms in total. The highest BCUT2D eigenvalue weighted by Gasteiger charge is 2.25. The molecule has 0 spiro atoms. The minimum Gasteiger partial charge on any atom is -0.496 e. The van der Waals surface area contributed by atoms with E-state index in [-0.39, 0.29) is 5.91 Å². The van der Waals surface area contributed by atoms with Gasteiger partial charge in [-0.2, -0.15) is 0 Å². The molecule has 1 N–H and O–H groups in total. The summed E-state index contributed by atoms with van der Waals surface area (Å²) in [5.74, 6) is 1.42. The van der Waals surface area contributed by atoms with E-state index in [0.29, 0.717) is 35.9 Å². The van der Waals surface area contributed by atoms with Gasteiger partial charge in [0, 0.05) is 47.9 Å². The normalized spacial score (nSPS) is 13.9. The maximum atomic E-state index is 13.2. The van der Waals surface area contributed by atoms with Gasteiger partial charge in [-0.3, -0.25) is 4.79 Å². The number of para-hydroxylation sites is 1. The van der Waals surface area contributed by atoms with Gasteiger partial charge in [-0.15, -0.1) is 0 Å². The third kappa shape index (κ3) is 3.42. The predicted octanol–water partition coefficient (Wildman–Crippen LogP) is 4.12. The molecule has 2 heterocycles. The number of ether oxygens (including phenoxy) is 3. The molecule has 0 radical (unpaired) electrons. The Kier molecular flexibility index (Phi) is 5.16. The molecule has 0 aliphatic carbocycles. The quantitative estimate of drug-likeness (QED) is 0.709. The Labute approximate surface area is 169 Å². The number of rotatable bonds is 5. The number of hydrogen-bond acceptors (Lipinski definition) is 4. The summed E-state index contributed by atoms with van der Waals surface area (Å²) in [6.07, 6.45) is 4.97. The monoisotopic (exact) mass is 392 g/mol. The summed E-state index contributed by atoms with van der Waals surface area (Å²) in [7, 11) is 4.65. The van der Waals surface area contributed by atoms with Gasteiger partial charge in [0.2, 0.25) is 0 Å². The Hall–Kier alpha value is -3.41. The van der Waals surface area contributed by atoms with Crippen molar-refractivity contribution in [3.63, 3.8) is 0 Å². The third-order valence-electron chi connectivity index (χ3n) is 5.37. The van der Waals surface area contributed by atoms with Crippen LogP contribution in [-0.2, 0) is 0 Å². The minimum absolute atomic E-state index is 0.0861. The lowest BCUT2D eigenvalue weighted by molar-refractivity contribution is 0.0769. The van der Waals surface area contributed by atoms with Crippen molar-refractivity contribution < 1.29 is 19.0 Å². The highest BCUT2D eigenvalue weighted by atomic mass is 16.5. The first kappa shape index (κ1) is 18.9. The fraction of sp³-hybridized carbons (Fsp3) is 0.261. The molecular weight excluding hydrogens is 368 g/mol. The van der Waals surface area contributed by atoms with Gasteiger partial charge in [-0.1, -0.05) is 24.3 Å². The number of nitrogens with one attached hydrogen (secondary N) is 1. The Morgan fingerprint density at radius 2 is 1.72 bits per heavy atom. The molecule has 0 saturated carbocycles. The van der Waals surface area contributed by atoms with Crippen LogP contribution in [0, 0.1) is 0 Å². The zero-order chi connectivity index (χ0) is 20.4. The summed E-state index contributed by atoms with van der Waals surface area (Å²) in [6.45, 7) is 1.19. The van der Waals surface area contributed by atoms with E-state index in [1.54, 1.807) is 33.5 Å². The molecule has 1 amide bonds. The van der Waals surface area contributed by atoms with Crippen molar-refractivity contribution in [2.75, 3.05) is 34.4 Å². The van der Waals surface area contributed by atoms with E-state index in [9.17, 15) is 4.79 Å². The molecule has 1 aliphatic rings. The lowest BCUT2D eigenvalue weighted by Crippen LogP contribution is -2.34. The molecule has 0 saturated heterocycles. The summed E-state index contributed by atoms with van der Waals surface area (Å²) < 4.78 is 16.1. The molecule has 2 aromatic carbocycles. The average molecular weight is 392 g/mol. The first-order chi connectivity index (χ1) is 14.2. The van der Waals surface area contributed by atoms with Crippen molar-refractivity contribution in [2.45, 2.75) is 6.42 Å². The fourth-order valence-electron chi connectivity index (χ4n) is 3.80. The second-order valence-electron chi connectivity index (χ2n) is 6.89. The lowest BCUT2D eigenvalue weighted by atomic mass is 9.98. The number of H-pyrrole nitrogens is 1. The lowest BCUT2D eigenvalue weighted by Gasteiger charge is -2.27. The van der Waals surface area contributed by atoms with Gasteiger partial charge < -0.3 is 24.1 Å². The van der Waals surface area contributed by atoms with Crippen molar-refractivity contribution in [1.82, 2.24) is 9.88 Å². The van der Waals surface area contributed by atoms with Crippen LogP contribution in [0.1, 0.15) is 22.3 Å². The van der Waals surface area contributed by atoms with Gasteiger partial charge in [0.05, 0.1) is 26.9 Å². The van der Waals surface area contributed by atoms with E-state index in [1.807, 2.05) is 23.2 Å². The number of nitrogens with zero attached hydrogens (tertiary/aromatic N) is 1. The van der Waals surface area contributed by atoms with E-state index >= 15 is 0 Å². The molecule has 0 unspecified atom stereocenters. The summed E-state index contributed by atoms with van der Waals surface area (Å²) >= 11 is 0. The fourth-order valence-corrected chi connectivity index (χ4v) is 3.80. The van der Waals surface area contributed by atoms with Crippen LogP contribution in [0.15, 0.2) is 48.7 Å². The second-order valence-corrected chi connectivity index (χ2v) is 6.89.